The fourth-order valence-corrected chi connectivity index (χ4v) is 8.10. The zero-order valence-electron chi connectivity index (χ0n) is 22.4. The van der Waals surface area contributed by atoms with Crippen molar-refractivity contribution >= 4 is 51.7 Å². The highest BCUT2D eigenvalue weighted by atomic mass is 35.5. The standard InChI is InChI=1S/C30H25Cl2FN4O4.CH4/c1-4-37(40)23-13-22-17-10-9-16(28(38)41-3)14(2)26(17)35-36(22)27(23)24(18-6-5-7-20(32)25(18)33)30(37)19-11-8-15(31)12-21(19)34-29(30)39;/h5-12,23-24,27H,4,13H2,1-3H3,(H,34,39);1H4/t23-,24-,27+,30+,37?;/m0./s1. The molecule has 1 amide bonds. The quantitative estimate of drug-likeness (QED) is 0.159. The van der Waals surface area contributed by atoms with Gasteiger partial charge in [-0.2, -0.15) is 5.10 Å². The Hall–Kier alpha value is -3.50. The van der Waals surface area contributed by atoms with E-state index in [-0.39, 0.29) is 24.6 Å². The maximum atomic E-state index is 16.0. The molecule has 1 saturated heterocycles. The topological polar surface area (TPSA) is 96.3 Å². The molecule has 1 spiro atoms. The Morgan fingerprint density at radius 3 is 2.74 bits per heavy atom. The number of aromatic nitrogens is 2. The van der Waals surface area contributed by atoms with Gasteiger partial charge in [-0.05, 0) is 49.7 Å². The van der Waals surface area contributed by atoms with E-state index in [1.165, 1.54) is 13.2 Å². The Kier molecular flexibility index (Phi) is 6.47. The molecule has 5 atom stereocenters. The van der Waals surface area contributed by atoms with Crippen molar-refractivity contribution in [3.63, 3.8) is 0 Å². The number of hydroxylamine groups is 3. The molecule has 4 aromatic rings. The van der Waals surface area contributed by atoms with Crippen molar-refractivity contribution in [1.29, 1.82) is 0 Å². The number of nitrogens with one attached hydrogen (secondary N) is 1. The Labute approximate surface area is 252 Å². The summed E-state index contributed by atoms with van der Waals surface area (Å²) in [6.07, 6.45) is 0.312. The lowest BCUT2D eigenvalue weighted by atomic mass is 9.73. The van der Waals surface area contributed by atoms with E-state index in [0.717, 1.165) is 11.1 Å². The SMILES string of the molecule is C.CC[N+]1([O-])[C@H]2Cc3c4ccc(C(=O)OC)c(C)c4nn3[C@H]2[C@H](c2cccc(Cl)c2F)[C@]12C(=O)Nc1cc(Cl)ccc12. The number of amides is 1. The van der Waals surface area contributed by atoms with E-state index in [4.69, 9.17) is 33.0 Å². The first-order valence-corrected chi connectivity index (χ1v) is 14.1. The van der Waals surface area contributed by atoms with Gasteiger partial charge in [0.05, 0.1) is 47.1 Å². The average molecular weight is 612 g/mol. The number of benzene rings is 3. The lowest BCUT2D eigenvalue weighted by molar-refractivity contribution is -0.936. The molecule has 0 bridgehead atoms. The van der Waals surface area contributed by atoms with E-state index < -0.39 is 45.9 Å². The number of halogens is 3. The van der Waals surface area contributed by atoms with Gasteiger partial charge in [0, 0.05) is 28.0 Å². The fraction of sp³-hybridized carbons (Fsp3) is 0.323. The van der Waals surface area contributed by atoms with Crippen LogP contribution in [0.5, 0.6) is 0 Å². The Morgan fingerprint density at radius 2 is 2.02 bits per heavy atom. The van der Waals surface area contributed by atoms with Crippen molar-refractivity contribution in [3.05, 3.63) is 97.5 Å². The van der Waals surface area contributed by atoms with Crippen molar-refractivity contribution in [3.8, 4) is 0 Å². The molecule has 4 heterocycles. The number of likely N-dealkylation sites (N-methyl/N-ethyl adjacent to an activating group) is 1. The minimum absolute atomic E-state index is 0. The smallest absolute Gasteiger partial charge is 0.338 e. The van der Waals surface area contributed by atoms with Crippen LogP contribution in [0.1, 0.15) is 59.1 Å². The number of anilines is 1. The number of rotatable bonds is 3. The highest BCUT2D eigenvalue weighted by Crippen LogP contribution is 2.67. The van der Waals surface area contributed by atoms with E-state index >= 15 is 9.60 Å². The average Bonchev–Trinajstić information content (AvgIpc) is 3.64. The van der Waals surface area contributed by atoms with E-state index in [1.54, 1.807) is 54.9 Å². The minimum atomic E-state index is -1.72. The molecular weight excluding hydrogens is 582 g/mol. The van der Waals surface area contributed by atoms with Crippen LogP contribution in [-0.2, 0) is 21.5 Å². The van der Waals surface area contributed by atoms with E-state index in [1.807, 2.05) is 6.07 Å². The van der Waals surface area contributed by atoms with Crippen molar-refractivity contribution in [2.24, 2.45) is 0 Å². The van der Waals surface area contributed by atoms with Gasteiger partial charge in [0.1, 0.15) is 17.9 Å². The number of carbonyl (C=O) groups is 2. The van der Waals surface area contributed by atoms with Gasteiger partial charge >= 0.3 is 5.97 Å². The second-order valence-electron chi connectivity index (χ2n) is 10.9. The molecule has 8 nitrogen and oxygen atoms in total. The summed E-state index contributed by atoms with van der Waals surface area (Å²) in [7, 11) is 1.32. The summed E-state index contributed by atoms with van der Waals surface area (Å²) in [5.41, 5.74) is 1.79. The maximum Gasteiger partial charge on any atom is 0.338 e. The number of fused-ring (bicyclic) bond motifs is 7. The number of esters is 1. The molecule has 1 unspecified atom stereocenters. The predicted octanol–water partition coefficient (Wildman–Crippen LogP) is 6.66. The van der Waals surface area contributed by atoms with Crippen molar-refractivity contribution < 1.29 is 23.4 Å². The molecule has 3 aliphatic heterocycles. The van der Waals surface area contributed by atoms with Crippen molar-refractivity contribution in [1.82, 2.24) is 9.78 Å². The van der Waals surface area contributed by atoms with Crippen LogP contribution in [0, 0.1) is 17.9 Å². The Balaban J connectivity index is 0.00000316. The van der Waals surface area contributed by atoms with Gasteiger partial charge in [-0.25, -0.2) is 9.18 Å². The summed E-state index contributed by atoms with van der Waals surface area (Å²) in [5.74, 6) is -2.62. The van der Waals surface area contributed by atoms with Gasteiger partial charge in [0.2, 0.25) is 5.54 Å². The third kappa shape index (κ3) is 3.28. The van der Waals surface area contributed by atoms with Crippen LogP contribution in [0.15, 0.2) is 48.5 Å². The number of aryl methyl sites for hydroxylation is 1. The summed E-state index contributed by atoms with van der Waals surface area (Å²) < 4.78 is 21.8. The lowest BCUT2D eigenvalue weighted by Crippen LogP contribution is -2.63. The third-order valence-electron chi connectivity index (χ3n) is 9.41. The molecule has 0 radical (unpaired) electrons. The van der Waals surface area contributed by atoms with Crippen LogP contribution in [-0.4, -0.2) is 46.0 Å². The number of hydrogen-bond acceptors (Lipinski definition) is 5. The van der Waals surface area contributed by atoms with Gasteiger partial charge in [-0.15, -0.1) is 0 Å². The molecule has 7 rings (SSSR count). The number of likely N-dealkylation sites (tertiary alicyclic amines) is 1. The van der Waals surface area contributed by atoms with Crippen LogP contribution in [0.3, 0.4) is 0 Å². The minimum Gasteiger partial charge on any atom is -0.632 e. The Bertz CT molecular complexity index is 1830. The highest BCUT2D eigenvalue weighted by Gasteiger charge is 2.76. The van der Waals surface area contributed by atoms with Crippen molar-refractivity contribution in [2.45, 2.75) is 51.2 Å². The molecule has 3 aromatic carbocycles. The highest BCUT2D eigenvalue weighted by molar-refractivity contribution is 6.31. The molecule has 0 saturated carbocycles. The summed E-state index contributed by atoms with van der Waals surface area (Å²) >= 11 is 12.6. The number of hydrogen-bond donors (Lipinski definition) is 1. The largest absolute Gasteiger partial charge is 0.632 e. The zero-order valence-corrected chi connectivity index (χ0v) is 23.9. The van der Waals surface area contributed by atoms with Crippen molar-refractivity contribution in [2.75, 3.05) is 19.0 Å². The monoisotopic (exact) mass is 610 g/mol. The second kappa shape index (κ2) is 9.50. The summed E-state index contributed by atoms with van der Waals surface area (Å²) in [4.78, 5) is 26.6. The summed E-state index contributed by atoms with van der Waals surface area (Å²) in [6.45, 7) is 3.61. The van der Waals surface area contributed by atoms with Gasteiger partial charge in [0.25, 0.3) is 5.91 Å². The summed E-state index contributed by atoms with van der Waals surface area (Å²) in [5, 5.41) is 24.4. The first-order chi connectivity index (χ1) is 19.6. The molecular formula is C31H29Cl2FN4O4. The number of methoxy groups -OCH3 is 1. The third-order valence-corrected chi connectivity index (χ3v) is 9.93. The van der Waals surface area contributed by atoms with Gasteiger partial charge in [-0.3, -0.25) is 9.48 Å². The van der Waals surface area contributed by atoms with E-state index in [0.29, 0.717) is 39.3 Å². The molecule has 3 aliphatic rings. The molecule has 1 N–H and O–H groups in total. The lowest BCUT2D eigenvalue weighted by Gasteiger charge is -2.53. The molecule has 218 valence electrons. The normalized spacial score (nSPS) is 27.0. The summed E-state index contributed by atoms with van der Waals surface area (Å²) in [6, 6.07) is 11.8. The molecule has 1 fully saturated rings. The number of carbonyl (C=O) groups excluding carboxylic acids is 2. The zero-order chi connectivity index (χ0) is 29.0. The van der Waals surface area contributed by atoms with Gasteiger partial charge < -0.3 is 19.9 Å². The van der Waals surface area contributed by atoms with Crippen LogP contribution in [0.4, 0.5) is 10.1 Å². The number of nitrogens with zero attached hydrogens (tertiary/aromatic N) is 3. The number of quaternary nitrogens is 1. The Morgan fingerprint density at radius 1 is 1.26 bits per heavy atom. The molecule has 11 heteroatoms. The predicted molar refractivity (Wildman–Crippen MR) is 159 cm³/mol. The first-order valence-electron chi connectivity index (χ1n) is 13.3. The molecule has 42 heavy (non-hydrogen) atoms. The van der Waals surface area contributed by atoms with Crippen LogP contribution in [0.2, 0.25) is 10.0 Å². The fourth-order valence-electron chi connectivity index (χ4n) is 7.75. The molecule has 0 aliphatic carbocycles. The second-order valence-corrected chi connectivity index (χ2v) is 11.8. The maximum absolute atomic E-state index is 16.0. The van der Waals surface area contributed by atoms with Gasteiger partial charge in [-0.1, -0.05) is 48.8 Å². The van der Waals surface area contributed by atoms with E-state index in [9.17, 15) is 9.59 Å². The first kappa shape index (κ1) is 28.6. The van der Waals surface area contributed by atoms with Crippen LogP contribution >= 0.6 is 23.2 Å². The molecule has 1 aromatic heterocycles. The van der Waals surface area contributed by atoms with E-state index in [2.05, 4.69) is 5.32 Å². The van der Waals surface area contributed by atoms with Crippen LogP contribution < -0.4 is 5.32 Å². The van der Waals surface area contributed by atoms with Crippen LogP contribution in [0.25, 0.3) is 10.9 Å². The van der Waals surface area contributed by atoms with Gasteiger partial charge in [0.15, 0.2) is 0 Å². The number of ether oxygens (including phenoxy) is 1.